The van der Waals surface area contributed by atoms with Crippen molar-refractivity contribution in [2.75, 3.05) is 0 Å². The van der Waals surface area contributed by atoms with Crippen LogP contribution in [0.3, 0.4) is 0 Å². The maximum Gasteiger partial charge on any atom is 0.0620 e. The molecule has 1 atom stereocenters. The van der Waals surface area contributed by atoms with Gasteiger partial charge in [0.25, 0.3) is 0 Å². The number of hydrogen-bond donors (Lipinski definition) is 0. The van der Waals surface area contributed by atoms with E-state index >= 15 is 0 Å². The van der Waals surface area contributed by atoms with E-state index in [1.165, 1.54) is 31.1 Å². The smallest absolute Gasteiger partial charge is 0.0620 e. The monoisotopic (exact) mass is 167 g/mol. The molecule has 2 rings (SSSR count). The van der Waals surface area contributed by atoms with Crippen LogP contribution >= 0.6 is 8.19 Å². The summed E-state index contributed by atoms with van der Waals surface area (Å²) in [6.07, 6.45) is 7.50. The predicted octanol–water partition coefficient (Wildman–Crippen LogP) is 2.94. The Morgan fingerprint density at radius 3 is 2.73 bits per heavy atom. The van der Waals surface area contributed by atoms with Gasteiger partial charge in [0.1, 0.15) is 0 Å². The third kappa shape index (κ3) is 1.22. The lowest BCUT2D eigenvalue weighted by Gasteiger charge is -2.20. The number of hydrogen-bond acceptors (Lipinski definition) is 1. The van der Waals surface area contributed by atoms with Crippen LogP contribution in [-0.2, 0) is 5.41 Å². The molecule has 1 heterocycles. The molecule has 0 N–H and O–H groups in total. The fourth-order valence-corrected chi connectivity index (χ4v) is 3.04. The van der Waals surface area contributed by atoms with Gasteiger partial charge in [0.05, 0.1) is 5.43 Å². The molecule has 0 bridgehead atoms. The molecule has 1 aromatic heterocycles. The zero-order valence-electron chi connectivity index (χ0n) is 6.93. The number of nitrogens with zero attached hydrogens (tertiary/aromatic N) is 1. The van der Waals surface area contributed by atoms with Crippen LogP contribution in [0.2, 0.25) is 0 Å². The van der Waals surface area contributed by atoms with Crippen molar-refractivity contribution < 1.29 is 0 Å². The molecule has 1 unspecified atom stereocenters. The van der Waals surface area contributed by atoms with Gasteiger partial charge in [-0.15, -0.1) is 8.19 Å². The third-order valence-electron chi connectivity index (χ3n) is 2.78. The molecule has 0 radical (unpaired) electrons. The molecule has 0 amide bonds. The first-order valence-electron chi connectivity index (χ1n) is 4.31. The van der Waals surface area contributed by atoms with Gasteiger partial charge in [-0.3, -0.25) is 4.98 Å². The number of aromatic nitrogens is 1. The Morgan fingerprint density at radius 1 is 1.45 bits per heavy atom. The molecule has 1 aromatic rings. The molecular formula is C9H14NP. The van der Waals surface area contributed by atoms with Gasteiger partial charge in [0.2, 0.25) is 0 Å². The van der Waals surface area contributed by atoms with Crippen LogP contribution in [0, 0.1) is 0 Å². The second-order valence-corrected chi connectivity index (χ2v) is 4.80. The quantitative estimate of drug-likeness (QED) is 0.626. The molecule has 1 fully saturated rings. The van der Waals surface area contributed by atoms with Gasteiger partial charge >= 0.3 is 0 Å². The maximum atomic E-state index is 4.44. The largest absolute Gasteiger partial charge is 0.256 e. The summed E-state index contributed by atoms with van der Waals surface area (Å²) in [5.74, 6) is 2.19. The van der Waals surface area contributed by atoms with Crippen molar-refractivity contribution in [1.82, 2.24) is 4.98 Å². The molecule has 1 nitrogen and oxygen atoms in total. The Labute approximate surface area is 69.3 Å². The first kappa shape index (κ1) is 7.36. The fourth-order valence-electron chi connectivity index (χ4n) is 1.99. The van der Waals surface area contributed by atoms with Gasteiger partial charge in [-0.2, -0.15) is 0 Å². The van der Waals surface area contributed by atoms with E-state index in [4.69, 9.17) is 0 Å². The molecule has 1 aliphatic carbocycles. The highest BCUT2D eigenvalue weighted by Crippen LogP contribution is 2.42. The highest BCUT2D eigenvalue weighted by Gasteiger charge is 2.31. The van der Waals surface area contributed by atoms with Crippen molar-refractivity contribution in [3.63, 3.8) is 0 Å². The lowest BCUT2D eigenvalue weighted by Crippen LogP contribution is -2.15. The summed E-state index contributed by atoms with van der Waals surface area (Å²) in [5, 5.41) is 0. The normalized spacial score (nSPS) is 23.0. The molecule has 0 aliphatic heterocycles. The van der Waals surface area contributed by atoms with E-state index in [0.717, 1.165) is 8.19 Å². The SMILES string of the molecule is CC1(c2ncc[pH]2)CCCC1. The van der Waals surface area contributed by atoms with E-state index in [1.807, 2.05) is 6.20 Å². The molecule has 0 saturated heterocycles. The maximum absolute atomic E-state index is 4.44. The molecule has 1 saturated carbocycles. The third-order valence-corrected chi connectivity index (χ3v) is 4.10. The molecule has 1 aliphatic rings. The first-order valence-corrected chi connectivity index (χ1v) is 5.39. The first-order chi connectivity index (χ1) is 5.31. The molecule has 60 valence electrons. The summed E-state index contributed by atoms with van der Waals surface area (Å²) >= 11 is 0. The summed E-state index contributed by atoms with van der Waals surface area (Å²) in [7, 11) is 0.874. The lowest BCUT2D eigenvalue weighted by atomic mass is 9.90. The zero-order valence-corrected chi connectivity index (χ0v) is 7.93. The van der Waals surface area contributed by atoms with Gasteiger partial charge in [-0.1, -0.05) is 19.8 Å². The van der Waals surface area contributed by atoms with Crippen molar-refractivity contribution in [3.05, 3.63) is 17.4 Å². The van der Waals surface area contributed by atoms with E-state index in [-0.39, 0.29) is 0 Å². The van der Waals surface area contributed by atoms with E-state index in [2.05, 4.69) is 17.7 Å². The highest BCUT2D eigenvalue weighted by molar-refractivity contribution is 7.30. The van der Waals surface area contributed by atoms with Crippen molar-refractivity contribution >= 4 is 8.19 Å². The van der Waals surface area contributed by atoms with Crippen LogP contribution in [0.1, 0.15) is 38.0 Å². The molecule has 2 heteroatoms. The van der Waals surface area contributed by atoms with Crippen LogP contribution in [0.4, 0.5) is 0 Å². The van der Waals surface area contributed by atoms with Crippen LogP contribution < -0.4 is 0 Å². The summed E-state index contributed by atoms with van der Waals surface area (Å²) < 4.78 is 0. The summed E-state index contributed by atoms with van der Waals surface area (Å²) in [6, 6.07) is 0. The van der Waals surface area contributed by atoms with Crippen LogP contribution in [0.25, 0.3) is 0 Å². The lowest BCUT2D eigenvalue weighted by molar-refractivity contribution is 0.488. The van der Waals surface area contributed by atoms with Gasteiger partial charge < -0.3 is 0 Å². The fraction of sp³-hybridized carbons (Fsp3) is 0.667. The Hall–Kier alpha value is -0.290. The second-order valence-electron chi connectivity index (χ2n) is 3.71. The minimum atomic E-state index is 0.474. The Balaban J connectivity index is 2.27. The molecule has 0 spiro atoms. The predicted molar refractivity (Wildman–Crippen MR) is 49.6 cm³/mol. The number of rotatable bonds is 1. The van der Waals surface area contributed by atoms with Crippen molar-refractivity contribution in [2.45, 2.75) is 38.0 Å². The summed E-state index contributed by atoms with van der Waals surface area (Å²) in [6.45, 7) is 2.37. The molecular weight excluding hydrogens is 153 g/mol. The van der Waals surface area contributed by atoms with Crippen LogP contribution in [0.15, 0.2) is 12.0 Å². The summed E-state index contributed by atoms with van der Waals surface area (Å²) in [5.41, 5.74) is 1.93. The molecule has 11 heavy (non-hydrogen) atoms. The second kappa shape index (κ2) is 2.64. The zero-order chi connectivity index (χ0) is 7.73. The van der Waals surface area contributed by atoms with Gasteiger partial charge in [-0.05, 0) is 18.6 Å². The van der Waals surface area contributed by atoms with E-state index in [9.17, 15) is 0 Å². The Bertz CT molecular complexity index is 222. The van der Waals surface area contributed by atoms with Gasteiger partial charge in [0, 0.05) is 11.6 Å². The Morgan fingerprint density at radius 2 is 2.18 bits per heavy atom. The minimum absolute atomic E-state index is 0.474. The summed E-state index contributed by atoms with van der Waals surface area (Å²) in [4.78, 5) is 4.44. The minimum Gasteiger partial charge on any atom is -0.256 e. The average Bonchev–Trinajstić information content (AvgIpc) is 2.55. The average molecular weight is 167 g/mol. The van der Waals surface area contributed by atoms with Crippen LogP contribution in [0.5, 0.6) is 0 Å². The Kier molecular flexibility index (Phi) is 1.77. The van der Waals surface area contributed by atoms with Crippen molar-refractivity contribution in [3.8, 4) is 0 Å². The topological polar surface area (TPSA) is 12.9 Å². The van der Waals surface area contributed by atoms with Crippen molar-refractivity contribution in [1.29, 1.82) is 0 Å². The molecule has 0 aromatic carbocycles. The van der Waals surface area contributed by atoms with Crippen LogP contribution in [-0.4, -0.2) is 4.98 Å². The van der Waals surface area contributed by atoms with Gasteiger partial charge in [0.15, 0.2) is 0 Å². The standard InChI is InChI=1S/C9H14NP/c1-9(4-2-3-5-9)8-10-6-7-11-8/h6-7,11H,2-5H2,1H3. The van der Waals surface area contributed by atoms with Gasteiger partial charge in [-0.25, -0.2) is 0 Å². The van der Waals surface area contributed by atoms with Crippen molar-refractivity contribution in [2.24, 2.45) is 0 Å². The highest BCUT2D eigenvalue weighted by atomic mass is 31.0. The van der Waals surface area contributed by atoms with E-state index < -0.39 is 0 Å². The van der Waals surface area contributed by atoms with E-state index in [1.54, 1.807) is 0 Å². The van der Waals surface area contributed by atoms with E-state index in [0.29, 0.717) is 5.41 Å².